The first kappa shape index (κ1) is 9.68. The number of hydrogen-bond donors (Lipinski definition) is 2. The molecule has 14 heavy (non-hydrogen) atoms. The molecule has 1 fully saturated rings. The minimum atomic E-state index is 0.108. The van der Waals surface area contributed by atoms with Crippen LogP contribution in [-0.2, 0) is 4.79 Å². The summed E-state index contributed by atoms with van der Waals surface area (Å²) < 4.78 is 0. The zero-order valence-electron chi connectivity index (χ0n) is 8.12. The van der Waals surface area contributed by atoms with E-state index >= 15 is 0 Å². The van der Waals surface area contributed by atoms with Crippen molar-refractivity contribution in [3.63, 3.8) is 0 Å². The molecule has 4 heteroatoms. The van der Waals surface area contributed by atoms with Crippen LogP contribution in [0.2, 0.25) is 0 Å². The number of nitrogens with one attached hydrogen (secondary N) is 2. The van der Waals surface area contributed by atoms with Crippen molar-refractivity contribution in [2.75, 3.05) is 18.4 Å². The quantitative estimate of drug-likeness (QED) is 0.794. The van der Waals surface area contributed by atoms with Gasteiger partial charge < -0.3 is 10.6 Å². The first-order valence-corrected chi connectivity index (χ1v) is 5.75. The van der Waals surface area contributed by atoms with Crippen molar-refractivity contribution >= 4 is 22.9 Å². The SMILES string of the molecule is CC(C(=O)Nc1ccsc1)C1CNC1. The number of hydrogen-bond acceptors (Lipinski definition) is 3. The zero-order valence-corrected chi connectivity index (χ0v) is 8.93. The van der Waals surface area contributed by atoms with Crippen LogP contribution in [-0.4, -0.2) is 19.0 Å². The van der Waals surface area contributed by atoms with Crippen LogP contribution in [0.5, 0.6) is 0 Å². The second-order valence-electron chi connectivity index (χ2n) is 3.71. The third-order valence-corrected chi connectivity index (χ3v) is 3.41. The standard InChI is InChI=1S/C10H14N2OS/c1-7(8-4-11-5-8)10(13)12-9-2-3-14-6-9/h2-3,6-8,11H,4-5H2,1H3,(H,12,13). The van der Waals surface area contributed by atoms with Crippen molar-refractivity contribution in [3.8, 4) is 0 Å². The van der Waals surface area contributed by atoms with Gasteiger partial charge in [-0.25, -0.2) is 0 Å². The van der Waals surface area contributed by atoms with Gasteiger partial charge in [0.2, 0.25) is 5.91 Å². The fraction of sp³-hybridized carbons (Fsp3) is 0.500. The topological polar surface area (TPSA) is 41.1 Å². The predicted octanol–water partition coefficient (Wildman–Crippen LogP) is 1.54. The van der Waals surface area contributed by atoms with E-state index in [1.165, 1.54) is 0 Å². The molecule has 0 aliphatic carbocycles. The molecule has 1 aliphatic rings. The van der Waals surface area contributed by atoms with Gasteiger partial charge in [-0.05, 0) is 30.5 Å². The minimum Gasteiger partial charge on any atom is -0.325 e. The Labute approximate surface area is 87.5 Å². The Bertz CT molecular complexity index is 306. The van der Waals surface area contributed by atoms with Gasteiger partial charge in [-0.2, -0.15) is 11.3 Å². The summed E-state index contributed by atoms with van der Waals surface area (Å²) >= 11 is 1.59. The lowest BCUT2D eigenvalue weighted by molar-refractivity contribution is -0.121. The number of anilines is 1. The van der Waals surface area contributed by atoms with E-state index < -0.39 is 0 Å². The van der Waals surface area contributed by atoms with Crippen LogP contribution < -0.4 is 10.6 Å². The van der Waals surface area contributed by atoms with E-state index in [1.807, 2.05) is 23.8 Å². The van der Waals surface area contributed by atoms with Crippen LogP contribution in [0, 0.1) is 11.8 Å². The summed E-state index contributed by atoms with van der Waals surface area (Å²) in [6.45, 7) is 3.93. The molecule has 2 N–H and O–H groups in total. The molecule has 1 aliphatic heterocycles. The molecule has 1 unspecified atom stereocenters. The largest absolute Gasteiger partial charge is 0.325 e. The molecule has 2 rings (SSSR count). The Morgan fingerprint density at radius 3 is 3.00 bits per heavy atom. The molecular weight excluding hydrogens is 196 g/mol. The van der Waals surface area contributed by atoms with Gasteiger partial charge >= 0.3 is 0 Å². The van der Waals surface area contributed by atoms with Crippen LogP contribution in [0.4, 0.5) is 5.69 Å². The third kappa shape index (κ3) is 1.96. The van der Waals surface area contributed by atoms with Crippen molar-refractivity contribution in [2.45, 2.75) is 6.92 Å². The highest BCUT2D eigenvalue weighted by molar-refractivity contribution is 7.08. The van der Waals surface area contributed by atoms with E-state index in [1.54, 1.807) is 11.3 Å². The monoisotopic (exact) mass is 210 g/mol. The van der Waals surface area contributed by atoms with Gasteiger partial charge in [-0.1, -0.05) is 6.92 Å². The number of rotatable bonds is 3. The van der Waals surface area contributed by atoms with Gasteiger partial charge in [0.25, 0.3) is 0 Å². The van der Waals surface area contributed by atoms with Crippen LogP contribution in [0.25, 0.3) is 0 Å². The van der Waals surface area contributed by atoms with E-state index in [0.717, 1.165) is 18.8 Å². The average molecular weight is 210 g/mol. The Balaban J connectivity index is 1.88. The van der Waals surface area contributed by atoms with E-state index in [9.17, 15) is 4.79 Å². The lowest BCUT2D eigenvalue weighted by Crippen LogP contribution is -2.48. The van der Waals surface area contributed by atoms with Crippen molar-refractivity contribution in [3.05, 3.63) is 16.8 Å². The van der Waals surface area contributed by atoms with Crippen LogP contribution in [0.15, 0.2) is 16.8 Å². The molecule has 3 nitrogen and oxygen atoms in total. The predicted molar refractivity (Wildman–Crippen MR) is 58.5 cm³/mol. The van der Waals surface area contributed by atoms with Crippen molar-refractivity contribution in [1.82, 2.24) is 5.32 Å². The van der Waals surface area contributed by atoms with Crippen LogP contribution >= 0.6 is 11.3 Å². The first-order valence-electron chi connectivity index (χ1n) is 4.81. The second kappa shape index (κ2) is 4.11. The highest BCUT2D eigenvalue weighted by Gasteiger charge is 2.28. The lowest BCUT2D eigenvalue weighted by Gasteiger charge is -2.31. The van der Waals surface area contributed by atoms with E-state index in [-0.39, 0.29) is 11.8 Å². The number of amides is 1. The average Bonchev–Trinajstić information content (AvgIpc) is 2.53. The fourth-order valence-electron chi connectivity index (χ4n) is 1.47. The smallest absolute Gasteiger partial charge is 0.227 e. The van der Waals surface area contributed by atoms with E-state index in [0.29, 0.717) is 5.92 Å². The molecule has 1 aromatic heterocycles. The molecule has 0 radical (unpaired) electrons. The van der Waals surface area contributed by atoms with Gasteiger partial charge in [-0.3, -0.25) is 4.79 Å². The van der Waals surface area contributed by atoms with Gasteiger partial charge in [0.05, 0.1) is 5.69 Å². The number of carbonyl (C=O) groups is 1. The molecule has 0 spiro atoms. The van der Waals surface area contributed by atoms with Crippen LogP contribution in [0.1, 0.15) is 6.92 Å². The summed E-state index contributed by atoms with van der Waals surface area (Å²) in [4.78, 5) is 11.7. The van der Waals surface area contributed by atoms with E-state index in [4.69, 9.17) is 0 Å². The van der Waals surface area contributed by atoms with Crippen molar-refractivity contribution in [1.29, 1.82) is 0 Å². The van der Waals surface area contributed by atoms with Gasteiger partial charge in [0.1, 0.15) is 0 Å². The minimum absolute atomic E-state index is 0.108. The molecule has 2 heterocycles. The first-order chi connectivity index (χ1) is 6.77. The number of thiophene rings is 1. The molecule has 0 aromatic carbocycles. The highest BCUT2D eigenvalue weighted by Crippen LogP contribution is 2.19. The van der Waals surface area contributed by atoms with Gasteiger partial charge in [-0.15, -0.1) is 0 Å². The summed E-state index contributed by atoms with van der Waals surface area (Å²) in [5.41, 5.74) is 0.916. The van der Waals surface area contributed by atoms with Gasteiger partial charge in [0.15, 0.2) is 0 Å². The summed E-state index contributed by atoms with van der Waals surface area (Å²) in [6, 6.07) is 1.92. The molecule has 1 saturated heterocycles. The van der Waals surface area contributed by atoms with Gasteiger partial charge in [0, 0.05) is 11.3 Å². The highest BCUT2D eigenvalue weighted by atomic mass is 32.1. The Kier molecular flexibility index (Phi) is 2.84. The Hall–Kier alpha value is -0.870. The zero-order chi connectivity index (χ0) is 9.97. The normalized spacial score (nSPS) is 18.6. The molecule has 1 aromatic rings. The summed E-state index contributed by atoms with van der Waals surface area (Å²) in [5.74, 6) is 0.750. The summed E-state index contributed by atoms with van der Waals surface area (Å²) in [5, 5.41) is 10.0. The molecule has 1 atom stereocenters. The maximum Gasteiger partial charge on any atom is 0.227 e. The molecule has 76 valence electrons. The molecular formula is C10H14N2OS. The maximum absolute atomic E-state index is 11.7. The molecule has 0 bridgehead atoms. The maximum atomic E-state index is 11.7. The Morgan fingerprint density at radius 2 is 2.50 bits per heavy atom. The number of carbonyl (C=O) groups excluding carboxylic acids is 1. The van der Waals surface area contributed by atoms with Crippen molar-refractivity contribution in [2.24, 2.45) is 11.8 Å². The third-order valence-electron chi connectivity index (χ3n) is 2.72. The lowest BCUT2D eigenvalue weighted by atomic mass is 9.88. The van der Waals surface area contributed by atoms with E-state index in [2.05, 4.69) is 10.6 Å². The Morgan fingerprint density at radius 1 is 1.71 bits per heavy atom. The molecule has 1 amide bonds. The second-order valence-corrected chi connectivity index (χ2v) is 4.49. The summed E-state index contributed by atoms with van der Waals surface area (Å²) in [7, 11) is 0. The molecule has 0 saturated carbocycles. The summed E-state index contributed by atoms with van der Waals surface area (Å²) in [6.07, 6.45) is 0. The van der Waals surface area contributed by atoms with Crippen LogP contribution in [0.3, 0.4) is 0 Å². The van der Waals surface area contributed by atoms with Crippen molar-refractivity contribution < 1.29 is 4.79 Å². The fourth-order valence-corrected chi connectivity index (χ4v) is 2.06.